The van der Waals surface area contributed by atoms with Crippen molar-refractivity contribution in [2.24, 2.45) is 0 Å². The number of carbonyl (C=O) groups excluding carboxylic acids is 1. The third-order valence-corrected chi connectivity index (χ3v) is 4.18. The van der Waals surface area contributed by atoms with Gasteiger partial charge in [0.2, 0.25) is 5.75 Å². The number of rotatable bonds is 5. The predicted molar refractivity (Wildman–Crippen MR) is 86.0 cm³/mol. The second-order valence-electron chi connectivity index (χ2n) is 4.60. The Hall–Kier alpha value is -2.05. The number of benzene rings is 2. The van der Waals surface area contributed by atoms with Gasteiger partial charge < -0.3 is 5.11 Å². The minimum absolute atomic E-state index is 0.0341. The van der Waals surface area contributed by atoms with Crippen molar-refractivity contribution < 1.29 is 14.8 Å². The number of nitrogens with zero attached hydrogens (tertiary/aromatic N) is 1. The molecule has 0 fully saturated rings. The van der Waals surface area contributed by atoms with Gasteiger partial charge in [-0.1, -0.05) is 11.6 Å². The number of ketones is 1. The average Bonchev–Trinajstić information content (AvgIpc) is 2.48. The summed E-state index contributed by atoms with van der Waals surface area (Å²) in [6.45, 7) is 1.63. The zero-order chi connectivity index (χ0) is 16.3. The van der Waals surface area contributed by atoms with Crippen molar-refractivity contribution >= 4 is 34.8 Å². The molecule has 5 nitrogen and oxygen atoms in total. The van der Waals surface area contributed by atoms with Crippen molar-refractivity contribution in [3.05, 3.63) is 62.7 Å². The molecule has 114 valence electrons. The summed E-state index contributed by atoms with van der Waals surface area (Å²) in [6, 6.07) is 9.66. The van der Waals surface area contributed by atoms with Gasteiger partial charge in [0.15, 0.2) is 5.78 Å². The normalized spacial score (nSPS) is 10.5. The maximum absolute atomic E-state index is 12.2. The number of aromatic hydroxyl groups is 1. The molecule has 0 aromatic heterocycles. The first-order valence-electron chi connectivity index (χ1n) is 6.28. The number of phenolic OH excluding ortho intramolecular Hbond substituents is 1. The molecule has 2 aromatic carbocycles. The molecule has 0 radical (unpaired) electrons. The summed E-state index contributed by atoms with van der Waals surface area (Å²) in [5.41, 5.74) is 0.0531. The monoisotopic (exact) mass is 337 g/mol. The minimum atomic E-state index is -0.703. The maximum atomic E-state index is 12.2. The Balaban J connectivity index is 2.19. The molecule has 1 N–H and O–H groups in total. The van der Waals surface area contributed by atoms with Crippen LogP contribution in [-0.2, 0) is 0 Å². The van der Waals surface area contributed by atoms with Gasteiger partial charge in [-0.25, -0.2) is 0 Å². The van der Waals surface area contributed by atoms with E-state index in [4.69, 9.17) is 11.6 Å². The fourth-order valence-electron chi connectivity index (χ4n) is 1.87. The van der Waals surface area contributed by atoms with Crippen LogP contribution in [0.4, 0.5) is 5.69 Å². The van der Waals surface area contributed by atoms with Crippen LogP contribution in [0.15, 0.2) is 41.3 Å². The molecule has 0 spiro atoms. The summed E-state index contributed by atoms with van der Waals surface area (Å²) >= 11 is 7.05. The highest BCUT2D eigenvalue weighted by Crippen LogP contribution is 2.32. The maximum Gasteiger partial charge on any atom is 0.311 e. The number of thioether (sulfide) groups is 1. The van der Waals surface area contributed by atoms with Crippen LogP contribution in [0.1, 0.15) is 15.9 Å². The largest absolute Gasteiger partial charge is 0.502 e. The first kappa shape index (κ1) is 16.3. The van der Waals surface area contributed by atoms with E-state index in [9.17, 15) is 20.0 Å². The zero-order valence-electron chi connectivity index (χ0n) is 11.6. The van der Waals surface area contributed by atoms with Crippen molar-refractivity contribution in [1.29, 1.82) is 0 Å². The summed E-state index contributed by atoms with van der Waals surface area (Å²) in [7, 11) is 0. The summed E-state index contributed by atoms with van der Waals surface area (Å²) in [5, 5.41) is 21.4. The van der Waals surface area contributed by atoms with Gasteiger partial charge in [0, 0.05) is 16.0 Å². The Morgan fingerprint density at radius 1 is 1.32 bits per heavy atom. The quantitative estimate of drug-likeness (QED) is 0.382. The van der Waals surface area contributed by atoms with Gasteiger partial charge in [0.1, 0.15) is 0 Å². The molecule has 0 aliphatic heterocycles. The lowest BCUT2D eigenvalue weighted by Crippen LogP contribution is -2.05. The van der Waals surface area contributed by atoms with E-state index in [0.717, 1.165) is 4.90 Å². The summed E-state index contributed by atoms with van der Waals surface area (Å²) < 4.78 is 0. The zero-order valence-corrected chi connectivity index (χ0v) is 13.1. The van der Waals surface area contributed by atoms with E-state index in [-0.39, 0.29) is 17.1 Å². The molecule has 0 amide bonds. The molecule has 2 rings (SSSR count). The molecule has 0 saturated heterocycles. The fourth-order valence-corrected chi connectivity index (χ4v) is 2.78. The lowest BCUT2D eigenvalue weighted by molar-refractivity contribution is -0.385. The van der Waals surface area contributed by atoms with Crippen LogP contribution in [0.25, 0.3) is 0 Å². The third-order valence-electron chi connectivity index (χ3n) is 2.91. The van der Waals surface area contributed by atoms with Crippen LogP contribution in [-0.4, -0.2) is 21.6 Å². The molecule has 0 unspecified atom stereocenters. The summed E-state index contributed by atoms with van der Waals surface area (Å²) in [6.07, 6.45) is 0. The SMILES string of the molecule is Cc1cc(C(=O)CSc2ccc(Cl)cc2)c(O)c([N+](=O)[O-])c1. The minimum Gasteiger partial charge on any atom is -0.502 e. The van der Waals surface area contributed by atoms with Gasteiger partial charge in [0.25, 0.3) is 0 Å². The third kappa shape index (κ3) is 3.78. The number of hydrogen-bond acceptors (Lipinski definition) is 5. The molecular weight excluding hydrogens is 326 g/mol. The highest BCUT2D eigenvalue weighted by molar-refractivity contribution is 8.00. The second kappa shape index (κ2) is 6.81. The Morgan fingerprint density at radius 3 is 2.55 bits per heavy atom. The van der Waals surface area contributed by atoms with Crippen molar-refractivity contribution in [3.63, 3.8) is 0 Å². The van der Waals surface area contributed by atoms with Crippen LogP contribution < -0.4 is 0 Å². The van der Waals surface area contributed by atoms with E-state index < -0.39 is 16.4 Å². The van der Waals surface area contributed by atoms with Crippen LogP contribution >= 0.6 is 23.4 Å². The molecular formula is C15H12ClNO4S. The van der Waals surface area contributed by atoms with Crippen LogP contribution in [0, 0.1) is 17.0 Å². The second-order valence-corrected chi connectivity index (χ2v) is 6.09. The van der Waals surface area contributed by atoms with E-state index in [2.05, 4.69) is 0 Å². The average molecular weight is 338 g/mol. The number of phenols is 1. The lowest BCUT2D eigenvalue weighted by atomic mass is 10.1. The number of halogens is 1. The summed E-state index contributed by atoms with van der Waals surface area (Å²) in [4.78, 5) is 23.2. The Morgan fingerprint density at radius 2 is 1.95 bits per heavy atom. The van der Waals surface area contributed by atoms with E-state index in [1.807, 2.05) is 0 Å². The molecule has 0 aliphatic rings. The van der Waals surface area contributed by atoms with Crippen molar-refractivity contribution in [2.45, 2.75) is 11.8 Å². The molecule has 0 bridgehead atoms. The Kier molecular flexibility index (Phi) is 5.05. The Bertz CT molecular complexity index is 731. The number of carbonyl (C=O) groups is 1. The smallest absolute Gasteiger partial charge is 0.311 e. The highest BCUT2D eigenvalue weighted by atomic mass is 35.5. The fraction of sp³-hybridized carbons (Fsp3) is 0.133. The van der Waals surface area contributed by atoms with Crippen LogP contribution in [0.3, 0.4) is 0 Å². The molecule has 0 saturated carbocycles. The van der Waals surface area contributed by atoms with E-state index in [0.29, 0.717) is 10.6 Å². The van der Waals surface area contributed by atoms with Crippen molar-refractivity contribution in [2.75, 3.05) is 5.75 Å². The molecule has 0 aliphatic carbocycles. The number of hydrogen-bond donors (Lipinski definition) is 1. The van der Waals surface area contributed by atoms with Crippen LogP contribution in [0.2, 0.25) is 5.02 Å². The van der Waals surface area contributed by atoms with Gasteiger partial charge in [-0.05, 0) is 42.8 Å². The van der Waals surface area contributed by atoms with Gasteiger partial charge in [-0.3, -0.25) is 14.9 Å². The number of nitro groups is 1. The van der Waals surface area contributed by atoms with E-state index in [1.165, 1.54) is 23.9 Å². The molecule has 22 heavy (non-hydrogen) atoms. The number of aryl methyl sites for hydroxylation is 1. The first-order valence-corrected chi connectivity index (χ1v) is 7.64. The van der Waals surface area contributed by atoms with Crippen molar-refractivity contribution in [1.82, 2.24) is 0 Å². The summed E-state index contributed by atoms with van der Waals surface area (Å²) in [5.74, 6) is -0.892. The molecule has 7 heteroatoms. The van der Waals surface area contributed by atoms with Gasteiger partial charge in [-0.2, -0.15) is 0 Å². The standard InChI is InChI=1S/C15H12ClNO4S/c1-9-6-12(15(19)13(7-9)17(20)21)14(18)8-22-11-4-2-10(16)3-5-11/h2-7,19H,8H2,1H3. The number of nitro benzene ring substituents is 1. The van der Waals surface area contributed by atoms with Crippen molar-refractivity contribution in [3.8, 4) is 5.75 Å². The molecule has 0 heterocycles. The molecule has 0 atom stereocenters. The van der Waals surface area contributed by atoms with E-state index >= 15 is 0 Å². The first-order chi connectivity index (χ1) is 10.4. The predicted octanol–water partition coefficient (Wildman–Crippen LogP) is 4.24. The van der Waals surface area contributed by atoms with E-state index in [1.54, 1.807) is 31.2 Å². The van der Waals surface area contributed by atoms with Crippen LogP contribution in [0.5, 0.6) is 5.75 Å². The van der Waals surface area contributed by atoms with Gasteiger partial charge in [-0.15, -0.1) is 11.8 Å². The number of Topliss-reactive ketones (excluding diaryl/α,β-unsaturated/α-hetero) is 1. The van der Waals surface area contributed by atoms with Gasteiger partial charge >= 0.3 is 5.69 Å². The molecule has 2 aromatic rings. The Labute approximate surface area is 136 Å². The van der Waals surface area contributed by atoms with Gasteiger partial charge in [0.05, 0.1) is 16.2 Å². The lowest BCUT2D eigenvalue weighted by Gasteiger charge is -2.06. The topological polar surface area (TPSA) is 80.4 Å². The highest BCUT2D eigenvalue weighted by Gasteiger charge is 2.22.